The Morgan fingerprint density at radius 2 is 1.89 bits per heavy atom. The molecular formula is C12H13F3N2O. The van der Waals surface area contributed by atoms with E-state index in [1.54, 1.807) is 13.0 Å². The second-order valence-electron chi connectivity index (χ2n) is 4.23. The van der Waals surface area contributed by atoms with Gasteiger partial charge in [0.25, 0.3) is 0 Å². The van der Waals surface area contributed by atoms with Gasteiger partial charge in [0.1, 0.15) is 17.3 Å². The van der Waals surface area contributed by atoms with Crippen molar-refractivity contribution in [1.82, 2.24) is 4.98 Å². The van der Waals surface area contributed by atoms with Crippen molar-refractivity contribution in [1.29, 1.82) is 5.26 Å². The number of pyridine rings is 1. The summed E-state index contributed by atoms with van der Waals surface area (Å²) >= 11 is 0. The minimum Gasteiger partial charge on any atom is -0.473 e. The number of nitriles is 1. The van der Waals surface area contributed by atoms with Crippen LogP contribution in [0.2, 0.25) is 0 Å². The summed E-state index contributed by atoms with van der Waals surface area (Å²) in [5.74, 6) is -0.165. The third kappa shape index (κ3) is 3.36. The molecule has 0 aliphatic carbocycles. The van der Waals surface area contributed by atoms with Crippen molar-refractivity contribution in [2.45, 2.75) is 33.1 Å². The van der Waals surface area contributed by atoms with E-state index in [4.69, 9.17) is 10.00 Å². The number of ether oxygens (including phenoxy) is 1. The highest BCUT2D eigenvalue weighted by Crippen LogP contribution is 2.30. The summed E-state index contributed by atoms with van der Waals surface area (Å²) in [4.78, 5) is 3.37. The highest BCUT2D eigenvalue weighted by molar-refractivity contribution is 5.39. The summed E-state index contributed by atoms with van der Waals surface area (Å²) in [6.07, 6.45) is -4.87. The fraction of sp³-hybridized carbons (Fsp3) is 0.500. The molecule has 0 fully saturated rings. The fourth-order valence-corrected chi connectivity index (χ4v) is 1.09. The van der Waals surface area contributed by atoms with E-state index in [1.165, 1.54) is 0 Å². The van der Waals surface area contributed by atoms with Crippen molar-refractivity contribution in [2.24, 2.45) is 5.92 Å². The van der Waals surface area contributed by atoms with Gasteiger partial charge in [-0.05, 0) is 25.0 Å². The molecule has 0 saturated carbocycles. The summed E-state index contributed by atoms with van der Waals surface area (Å²) < 4.78 is 42.8. The molecule has 0 saturated heterocycles. The lowest BCUT2D eigenvalue weighted by Gasteiger charge is -2.18. The zero-order chi connectivity index (χ0) is 13.9. The van der Waals surface area contributed by atoms with Crippen LogP contribution in [-0.4, -0.2) is 11.1 Å². The maximum absolute atomic E-state index is 12.5. The maximum Gasteiger partial charge on any atom is 0.433 e. The van der Waals surface area contributed by atoms with Crippen LogP contribution in [0.4, 0.5) is 13.2 Å². The van der Waals surface area contributed by atoms with E-state index in [1.807, 2.05) is 13.8 Å². The lowest BCUT2D eigenvalue weighted by Crippen LogP contribution is -2.20. The van der Waals surface area contributed by atoms with Crippen molar-refractivity contribution in [3.05, 3.63) is 23.4 Å². The van der Waals surface area contributed by atoms with Crippen LogP contribution in [0.3, 0.4) is 0 Å². The lowest BCUT2D eigenvalue weighted by molar-refractivity contribution is -0.141. The molecule has 0 N–H and O–H groups in total. The van der Waals surface area contributed by atoms with Crippen molar-refractivity contribution < 1.29 is 17.9 Å². The van der Waals surface area contributed by atoms with Gasteiger partial charge in [-0.2, -0.15) is 18.4 Å². The van der Waals surface area contributed by atoms with Gasteiger partial charge in [-0.15, -0.1) is 0 Å². The SMILES string of the molecule is CC(C)C(C)Oc1nc(C(F)(F)F)ccc1C#N. The molecule has 3 nitrogen and oxygen atoms in total. The van der Waals surface area contributed by atoms with Crippen LogP contribution >= 0.6 is 0 Å². The summed E-state index contributed by atoms with van der Waals surface area (Å²) in [5, 5.41) is 8.81. The van der Waals surface area contributed by atoms with Gasteiger partial charge in [-0.25, -0.2) is 4.98 Å². The van der Waals surface area contributed by atoms with Gasteiger partial charge in [-0.3, -0.25) is 0 Å². The molecule has 1 atom stereocenters. The van der Waals surface area contributed by atoms with E-state index in [0.717, 1.165) is 12.1 Å². The smallest absolute Gasteiger partial charge is 0.433 e. The van der Waals surface area contributed by atoms with Crippen molar-refractivity contribution >= 4 is 0 Å². The van der Waals surface area contributed by atoms with Crippen LogP contribution in [-0.2, 0) is 6.18 Å². The monoisotopic (exact) mass is 258 g/mol. The van der Waals surface area contributed by atoms with Crippen molar-refractivity contribution in [3.8, 4) is 11.9 Å². The first-order valence-electron chi connectivity index (χ1n) is 5.40. The minimum absolute atomic E-state index is 0.00417. The Hall–Kier alpha value is -1.77. The summed E-state index contributed by atoms with van der Waals surface area (Å²) in [6.45, 7) is 5.45. The average Bonchev–Trinajstić information content (AvgIpc) is 2.27. The van der Waals surface area contributed by atoms with Gasteiger partial charge >= 0.3 is 6.18 Å². The molecule has 0 spiro atoms. The van der Waals surface area contributed by atoms with Gasteiger partial charge in [0.05, 0.1) is 6.10 Å². The number of nitrogens with zero attached hydrogens (tertiary/aromatic N) is 2. The summed E-state index contributed by atoms with van der Waals surface area (Å²) in [5.41, 5.74) is -1.07. The quantitative estimate of drug-likeness (QED) is 0.834. The van der Waals surface area contributed by atoms with E-state index < -0.39 is 11.9 Å². The predicted molar refractivity (Wildman–Crippen MR) is 58.9 cm³/mol. The first kappa shape index (κ1) is 14.3. The zero-order valence-electron chi connectivity index (χ0n) is 10.2. The van der Waals surface area contributed by atoms with E-state index in [9.17, 15) is 13.2 Å². The molecule has 0 aliphatic heterocycles. The van der Waals surface area contributed by atoms with Crippen LogP contribution in [0, 0.1) is 17.2 Å². The highest BCUT2D eigenvalue weighted by atomic mass is 19.4. The Morgan fingerprint density at radius 3 is 2.33 bits per heavy atom. The van der Waals surface area contributed by atoms with E-state index in [-0.39, 0.29) is 23.5 Å². The standard InChI is InChI=1S/C12H13F3N2O/c1-7(2)8(3)18-11-9(6-16)4-5-10(17-11)12(13,14)15/h4-5,7-8H,1-3H3. The van der Waals surface area contributed by atoms with Gasteiger partial charge in [0, 0.05) is 0 Å². The molecule has 0 amide bonds. The molecule has 0 aromatic carbocycles. The number of hydrogen-bond acceptors (Lipinski definition) is 3. The number of alkyl halides is 3. The highest BCUT2D eigenvalue weighted by Gasteiger charge is 2.33. The first-order chi connectivity index (χ1) is 8.25. The molecule has 1 rings (SSSR count). The molecule has 6 heteroatoms. The van der Waals surface area contributed by atoms with Crippen LogP contribution in [0.15, 0.2) is 12.1 Å². The summed E-state index contributed by atoms with van der Waals surface area (Å²) in [6, 6.07) is 3.60. The largest absolute Gasteiger partial charge is 0.473 e. The van der Waals surface area contributed by atoms with Crippen molar-refractivity contribution in [3.63, 3.8) is 0 Å². The predicted octanol–water partition coefficient (Wildman–Crippen LogP) is 3.40. The topological polar surface area (TPSA) is 45.9 Å². The Labute approximate surface area is 103 Å². The maximum atomic E-state index is 12.5. The minimum atomic E-state index is -4.55. The van der Waals surface area contributed by atoms with E-state index in [2.05, 4.69) is 4.98 Å². The third-order valence-corrected chi connectivity index (χ3v) is 2.51. The molecule has 98 valence electrons. The summed E-state index contributed by atoms with van der Waals surface area (Å²) in [7, 11) is 0. The van der Waals surface area contributed by atoms with E-state index in [0.29, 0.717) is 0 Å². The van der Waals surface area contributed by atoms with Crippen LogP contribution in [0.5, 0.6) is 5.88 Å². The molecule has 0 radical (unpaired) electrons. The number of rotatable bonds is 3. The molecule has 1 unspecified atom stereocenters. The van der Waals surface area contributed by atoms with Gasteiger partial charge in [0.2, 0.25) is 5.88 Å². The molecule has 0 bridgehead atoms. The van der Waals surface area contributed by atoms with Crippen molar-refractivity contribution in [2.75, 3.05) is 0 Å². The molecular weight excluding hydrogens is 245 g/mol. The first-order valence-corrected chi connectivity index (χ1v) is 5.40. The molecule has 0 aliphatic rings. The lowest BCUT2D eigenvalue weighted by atomic mass is 10.1. The number of aromatic nitrogens is 1. The normalized spacial score (nSPS) is 13.2. The molecule has 1 aromatic heterocycles. The number of halogens is 3. The Balaban J connectivity index is 3.12. The fourth-order valence-electron chi connectivity index (χ4n) is 1.09. The number of hydrogen-bond donors (Lipinski definition) is 0. The van der Waals surface area contributed by atoms with Crippen LogP contribution in [0.25, 0.3) is 0 Å². The molecule has 1 aromatic rings. The Kier molecular flexibility index (Phi) is 4.17. The van der Waals surface area contributed by atoms with Crippen LogP contribution in [0.1, 0.15) is 32.0 Å². The average molecular weight is 258 g/mol. The molecule has 18 heavy (non-hydrogen) atoms. The van der Waals surface area contributed by atoms with Crippen LogP contribution < -0.4 is 4.74 Å². The van der Waals surface area contributed by atoms with Gasteiger partial charge in [0.15, 0.2) is 0 Å². The van der Waals surface area contributed by atoms with E-state index >= 15 is 0 Å². The third-order valence-electron chi connectivity index (χ3n) is 2.51. The zero-order valence-corrected chi connectivity index (χ0v) is 10.2. The Morgan fingerprint density at radius 1 is 1.28 bits per heavy atom. The second-order valence-corrected chi connectivity index (χ2v) is 4.23. The van der Waals surface area contributed by atoms with Gasteiger partial charge in [-0.1, -0.05) is 13.8 Å². The molecule has 1 heterocycles. The Bertz CT molecular complexity index is 463. The second kappa shape index (κ2) is 5.25. The van der Waals surface area contributed by atoms with Gasteiger partial charge < -0.3 is 4.74 Å².